The Balaban J connectivity index is 0.00000242. The molecule has 0 aliphatic heterocycles. The summed E-state index contributed by atoms with van der Waals surface area (Å²) in [6.07, 6.45) is 3.18. The Labute approximate surface area is 139 Å². The van der Waals surface area contributed by atoms with Crippen molar-refractivity contribution >= 4 is 18.3 Å². The van der Waals surface area contributed by atoms with Crippen LogP contribution in [0, 0.1) is 18.8 Å². The van der Waals surface area contributed by atoms with E-state index in [0.717, 1.165) is 30.6 Å². The van der Waals surface area contributed by atoms with Gasteiger partial charge >= 0.3 is 0 Å². The van der Waals surface area contributed by atoms with Gasteiger partial charge in [0.15, 0.2) is 0 Å². The van der Waals surface area contributed by atoms with E-state index in [1.807, 2.05) is 38.2 Å². The number of nitrogens with two attached hydrogens (primary N) is 1. The smallest absolute Gasteiger partial charge is 0.225 e. The van der Waals surface area contributed by atoms with Crippen LogP contribution in [0.4, 0.5) is 0 Å². The van der Waals surface area contributed by atoms with Crippen LogP contribution in [0.3, 0.4) is 0 Å². The number of rotatable bonds is 6. The Kier molecular flexibility index (Phi) is 7.69. The first-order chi connectivity index (χ1) is 10.1. The molecule has 1 aliphatic carbocycles. The van der Waals surface area contributed by atoms with E-state index in [1.54, 1.807) is 4.90 Å². The largest absolute Gasteiger partial charge is 0.491 e. The fraction of sp³-hybridized carbons (Fsp3) is 0.588. The van der Waals surface area contributed by atoms with E-state index in [9.17, 15) is 4.79 Å². The highest BCUT2D eigenvalue weighted by Gasteiger charge is 2.33. The average molecular weight is 327 g/mol. The van der Waals surface area contributed by atoms with Crippen LogP contribution in [0.1, 0.15) is 24.8 Å². The molecule has 2 N–H and O–H groups in total. The van der Waals surface area contributed by atoms with Gasteiger partial charge < -0.3 is 15.4 Å². The molecule has 2 atom stereocenters. The third kappa shape index (κ3) is 4.62. The maximum Gasteiger partial charge on any atom is 0.225 e. The highest BCUT2D eigenvalue weighted by atomic mass is 35.5. The number of ether oxygens (including phenoxy) is 1. The summed E-state index contributed by atoms with van der Waals surface area (Å²) in [7, 11) is 1.86. The molecule has 1 aliphatic rings. The number of likely N-dealkylation sites (N-methyl/N-ethyl adjacent to an activating group) is 1. The predicted octanol–water partition coefficient (Wildman–Crippen LogP) is 2.63. The Bertz CT molecular complexity index is 481. The van der Waals surface area contributed by atoms with Gasteiger partial charge in [-0.15, -0.1) is 12.4 Å². The van der Waals surface area contributed by atoms with Gasteiger partial charge in [0.25, 0.3) is 0 Å². The van der Waals surface area contributed by atoms with E-state index in [0.29, 0.717) is 25.6 Å². The molecule has 0 spiro atoms. The first kappa shape index (κ1) is 18.8. The molecule has 4 nitrogen and oxygen atoms in total. The number of carbonyl (C=O) groups excluding carboxylic acids is 1. The summed E-state index contributed by atoms with van der Waals surface area (Å²) < 4.78 is 5.75. The van der Waals surface area contributed by atoms with E-state index >= 15 is 0 Å². The average Bonchev–Trinajstić information content (AvgIpc) is 2.96. The Morgan fingerprint density at radius 3 is 2.77 bits per heavy atom. The normalized spacial score (nSPS) is 20.3. The maximum absolute atomic E-state index is 12.4. The number of benzene rings is 1. The Morgan fingerprint density at radius 2 is 2.09 bits per heavy atom. The van der Waals surface area contributed by atoms with E-state index in [4.69, 9.17) is 10.5 Å². The lowest BCUT2D eigenvalue weighted by atomic mass is 9.95. The van der Waals surface area contributed by atoms with Crippen LogP contribution >= 0.6 is 12.4 Å². The van der Waals surface area contributed by atoms with Gasteiger partial charge in [-0.1, -0.05) is 24.6 Å². The van der Waals surface area contributed by atoms with Gasteiger partial charge in [-0.3, -0.25) is 4.79 Å². The molecule has 0 aromatic heterocycles. The van der Waals surface area contributed by atoms with Crippen molar-refractivity contribution in [3.8, 4) is 5.75 Å². The molecule has 2 rings (SSSR count). The molecule has 1 fully saturated rings. The van der Waals surface area contributed by atoms with Gasteiger partial charge in [0.1, 0.15) is 12.4 Å². The molecule has 124 valence electrons. The summed E-state index contributed by atoms with van der Waals surface area (Å²) in [6, 6.07) is 7.93. The highest BCUT2D eigenvalue weighted by molar-refractivity contribution is 5.85. The fourth-order valence-electron chi connectivity index (χ4n) is 3.05. The summed E-state index contributed by atoms with van der Waals surface area (Å²) >= 11 is 0. The number of aryl methyl sites for hydroxylation is 1. The van der Waals surface area contributed by atoms with Crippen LogP contribution < -0.4 is 10.5 Å². The molecule has 0 radical (unpaired) electrons. The second kappa shape index (κ2) is 9.01. The van der Waals surface area contributed by atoms with Gasteiger partial charge in [0.2, 0.25) is 5.91 Å². The van der Waals surface area contributed by atoms with Crippen molar-refractivity contribution in [2.24, 2.45) is 17.6 Å². The van der Waals surface area contributed by atoms with Crippen molar-refractivity contribution in [2.75, 3.05) is 26.7 Å². The van der Waals surface area contributed by atoms with Crippen molar-refractivity contribution in [1.82, 2.24) is 4.90 Å². The lowest BCUT2D eigenvalue weighted by Crippen LogP contribution is -2.38. The zero-order chi connectivity index (χ0) is 15.2. The third-order valence-electron chi connectivity index (χ3n) is 4.43. The molecule has 0 saturated heterocycles. The van der Waals surface area contributed by atoms with Gasteiger partial charge in [0, 0.05) is 13.0 Å². The number of hydrogen-bond acceptors (Lipinski definition) is 3. The molecule has 1 amide bonds. The third-order valence-corrected chi connectivity index (χ3v) is 4.43. The summed E-state index contributed by atoms with van der Waals surface area (Å²) in [5.74, 6) is 1.58. The van der Waals surface area contributed by atoms with Crippen LogP contribution in [-0.2, 0) is 4.79 Å². The van der Waals surface area contributed by atoms with Gasteiger partial charge in [-0.05, 0) is 43.9 Å². The maximum atomic E-state index is 12.4. The van der Waals surface area contributed by atoms with Gasteiger partial charge in [-0.2, -0.15) is 0 Å². The number of carbonyl (C=O) groups is 1. The van der Waals surface area contributed by atoms with Crippen molar-refractivity contribution in [1.29, 1.82) is 0 Å². The minimum Gasteiger partial charge on any atom is -0.491 e. The lowest BCUT2D eigenvalue weighted by molar-refractivity contribution is -0.135. The second-order valence-electron chi connectivity index (χ2n) is 5.91. The van der Waals surface area contributed by atoms with Crippen LogP contribution in [0.5, 0.6) is 5.75 Å². The molecule has 22 heavy (non-hydrogen) atoms. The topological polar surface area (TPSA) is 55.6 Å². The quantitative estimate of drug-likeness (QED) is 0.874. The molecule has 1 aromatic carbocycles. The first-order valence-corrected chi connectivity index (χ1v) is 7.77. The van der Waals surface area contributed by atoms with Gasteiger partial charge in [0.05, 0.1) is 6.54 Å². The Hall–Kier alpha value is -1.26. The van der Waals surface area contributed by atoms with Crippen molar-refractivity contribution in [2.45, 2.75) is 26.2 Å². The lowest BCUT2D eigenvalue weighted by Gasteiger charge is -2.24. The number of nitrogens with zero attached hydrogens (tertiary/aromatic N) is 1. The second-order valence-corrected chi connectivity index (χ2v) is 5.91. The minimum atomic E-state index is 0. The summed E-state index contributed by atoms with van der Waals surface area (Å²) in [5.41, 5.74) is 6.88. The van der Waals surface area contributed by atoms with Crippen molar-refractivity contribution in [3.05, 3.63) is 29.8 Å². The van der Waals surface area contributed by atoms with E-state index in [1.165, 1.54) is 0 Å². The van der Waals surface area contributed by atoms with Gasteiger partial charge in [-0.25, -0.2) is 0 Å². The SMILES string of the molecule is Cc1ccccc1OCCN(C)C(=O)[C@@H]1CCC[C@@H]1CN.Cl. The van der Waals surface area contributed by atoms with E-state index in [-0.39, 0.29) is 24.2 Å². The molecule has 0 bridgehead atoms. The number of para-hydroxylation sites is 1. The summed E-state index contributed by atoms with van der Waals surface area (Å²) in [4.78, 5) is 14.2. The van der Waals surface area contributed by atoms with Crippen LogP contribution in [0.2, 0.25) is 0 Å². The van der Waals surface area contributed by atoms with E-state index in [2.05, 4.69) is 0 Å². The summed E-state index contributed by atoms with van der Waals surface area (Å²) in [6.45, 7) is 3.77. The van der Waals surface area contributed by atoms with E-state index < -0.39 is 0 Å². The molecule has 1 aromatic rings. The van der Waals surface area contributed by atoms with Crippen LogP contribution in [-0.4, -0.2) is 37.6 Å². The number of halogens is 1. The number of amides is 1. The minimum absolute atomic E-state index is 0. The predicted molar refractivity (Wildman–Crippen MR) is 91.4 cm³/mol. The first-order valence-electron chi connectivity index (χ1n) is 7.77. The summed E-state index contributed by atoms with van der Waals surface area (Å²) in [5, 5.41) is 0. The zero-order valence-electron chi connectivity index (χ0n) is 13.5. The fourth-order valence-corrected chi connectivity index (χ4v) is 3.05. The molecule has 0 heterocycles. The molecule has 0 unspecified atom stereocenters. The molecular formula is C17H27ClN2O2. The van der Waals surface area contributed by atoms with Crippen molar-refractivity contribution in [3.63, 3.8) is 0 Å². The zero-order valence-corrected chi connectivity index (χ0v) is 14.3. The molecule has 1 saturated carbocycles. The van der Waals surface area contributed by atoms with Crippen LogP contribution in [0.15, 0.2) is 24.3 Å². The van der Waals surface area contributed by atoms with Crippen molar-refractivity contribution < 1.29 is 9.53 Å². The number of hydrogen-bond donors (Lipinski definition) is 1. The molecule has 5 heteroatoms. The Morgan fingerprint density at radius 1 is 1.36 bits per heavy atom. The molecular weight excluding hydrogens is 300 g/mol. The monoisotopic (exact) mass is 326 g/mol. The standard InChI is InChI=1S/C17H26N2O2.ClH/c1-13-6-3-4-9-16(13)21-11-10-19(2)17(20)15-8-5-7-14(15)12-18;/h3-4,6,9,14-15H,5,7-8,10-12,18H2,1-2H3;1H/t14-,15-;/m1./s1. The van der Waals surface area contributed by atoms with Crippen LogP contribution in [0.25, 0.3) is 0 Å². The highest BCUT2D eigenvalue weighted by Crippen LogP contribution is 2.32.